The molecule has 1 aliphatic rings. The van der Waals surface area contributed by atoms with E-state index in [2.05, 4.69) is 25.6 Å². The number of amides is 1. The summed E-state index contributed by atoms with van der Waals surface area (Å²) in [6.45, 7) is 1.63. The molecule has 0 aliphatic carbocycles. The average Bonchev–Trinajstić information content (AvgIpc) is 2.99. The van der Waals surface area contributed by atoms with Gasteiger partial charge in [0.25, 0.3) is 0 Å². The van der Waals surface area contributed by atoms with Crippen LogP contribution in [0, 0.1) is 0 Å². The summed E-state index contributed by atoms with van der Waals surface area (Å²) in [5, 5.41) is 5.48. The summed E-state index contributed by atoms with van der Waals surface area (Å²) in [6, 6.07) is 3.08. The number of hydrogen-bond acceptors (Lipinski definition) is 5. The van der Waals surface area contributed by atoms with Crippen LogP contribution in [0.5, 0.6) is 0 Å². The first-order valence-corrected chi connectivity index (χ1v) is 8.19. The van der Waals surface area contributed by atoms with Crippen LogP contribution in [0.25, 0.3) is 11.3 Å². The molecule has 2 N–H and O–H groups in total. The van der Waals surface area contributed by atoms with Crippen molar-refractivity contribution in [2.45, 2.75) is 37.8 Å². The first-order chi connectivity index (χ1) is 12.6. The van der Waals surface area contributed by atoms with Gasteiger partial charge in [0.05, 0.1) is 24.0 Å². The lowest BCUT2D eigenvalue weighted by Crippen LogP contribution is -2.40. The Balaban J connectivity index is 1.65. The molecule has 0 saturated carbocycles. The second-order valence-corrected chi connectivity index (χ2v) is 6.59. The topological polar surface area (TPSA) is 79.8 Å². The number of aromatic nitrogens is 3. The van der Waals surface area contributed by atoms with Crippen LogP contribution >= 0.6 is 0 Å². The van der Waals surface area contributed by atoms with Crippen molar-refractivity contribution in [2.24, 2.45) is 0 Å². The van der Waals surface area contributed by atoms with Crippen molar-refractivity contribution in [3.05, 3.63) is 42.1 Å². The van der Waals surface area contributed by atoms with Gasteiger partial charge in [0.15, 0.2) is 0 Å². The van der Waals surface area contributed by atoms with Gasteiger partial charge >= 0.3 is 6.18 Å². The molecule has 1 amide bonds. The Morgan fingerprint density at radius 1 is 1.33 bits per heavy atom. The summed E-state index contributed by atoms with van der Waals surface area (Å²) < 4.78 is 51.5. The van der Waals surface area contributed by atoms with Crippen molar-refractivity contribution in [1.82, 2.24) is 25.6 Å². The van der Waals surface area contributed by atoms with Gasteiger partial charge in [0, 0.05) is 24.7 Å². The van der Waals surface area contributed by atoms with Gasteiger partial charge in [-0.2, -0.15) is 13.2 Å². The minimum atomic E-state index is -4.51. The molecule has 3 heterocycles. The molecule has 2 aromatic heterocycles. The Kier molecular flexibility index (Phi) is 5.09. The standard InChI is InChI=1S/C17H17F4N5O/c1-16(18)5-13(24-8-16)15(27)23-7-11-4-12(26-9-25-11)10-2-3-14(22-6-10)17(19,20)21/h2-4,6,9,13,24H,5,7-8H2,1H3,(H,23,27)/t13-,16?/m0/s1. The molecule has 144 valence electrons. The van der Waals surface area contributed by atoms with Crippen LogP contribution in [-0.2, 0) is 17.5 Å². The Bertz CT molecular complexity index is 823. The minimum Gasteiger partial charge on any atom is -0.349 e. The van der Waals surface area contributed by atoms with E-state index >= 15 is 0 Å². The molecule has 6 nitrogen and oxygen atoms in total. The number of halogens is 4. The lowest BCUT2D eigenvalue weighted by atomic mass is 10.0. The van der Waals surface area contributed by atoms with E-state index in [-0.39, 0.29) is 25.4 Å². The highest BCUT2D eigenvalue weighted by Gasteiger charge is 2.38. The normalized spacial score (nSPS) is 22.6. The first kappa shape index (κ1) is 19.2. The van der Waals surface area contributed by atoms with Crippen LogP contribution in [0.4, 0.5) is 17.6 Å². The lowest BCUT2D eigenvalue weighted by molar-refractivity contribution is -0.141. The highest BCUT2D eigenvalue weighted by atomic mass is 19.4. The van der Waals surface area contributed by atoms with Gasteiger partial charge in [-0.25, -0.2) is 14.4 Å². The van der Waals surface area contributed by atoms with E-state index < -0.39 is 23.6 Å². The number of nitrogens with zero attached hydrogens (tertiary/aromatic N) is 3. The molecular formula is C17H17F4N5O. The first-order valence-electron chi connectivity index (χ1n) is 8.19. The van der Waals surface area contributed by atoms with Gasteiger partial charge in [-0.15, -0.1) is 0 Å². The van der Waals surface area contributed by atoms with Crippen LogP contribution < -0.4 is 10.6 Å². The Morgan fingerprint density at radius 3 is 2.70 bits per heavy atom. The number of alkyl halides is 4. The van der Waals surface area contributed by atoms with E-state index in [9.17, 15) is 22.4 Å². The van der Waals surface area contributed by atoms with Gasteiger partial charge in [0.1, 0.15) is 17.7 Å². The molecular weight excluding hydrogens is 366 g/mol. The van der Waals surface area contributed by atoms with Gasteiger partial charge in [-0.3, -0.25) is 9.78 Å². The van der Waals surface area contributed by atoms with Gasteiger partial charge < -0.3 is 10.6 Å². The fourth-order valence-electron chi connectivity index (χ4n) is 2.76. The third-order valence-corrected chi connectivity index (χ3v) is 4.18. The summed E-state index contributed by atoms with van der Waals surface area (Å²) in [4.78, 5) is 23.5. The number of carbonyl (C=O) groups excluding carboxylic acids is 1. The largest absolute Gasteiger partial charge is 0.433 e. The molecule has 1 unspecified atom stereocenters. The Morgan fingerprint density at radius 2 is 2.11 bits per heavy atom. The maximum atomic E-state index is 13.8. The predicted octanol–water partition coefficient (Wildman–Crippen LogP) is 2.26. The number of hydrogen-bond donors (Lipinski definition) is 2. The molecule has 2 aromatic rings. The SMILES string of the molecule is CC1(F)CN[C@H](C(=O)NCc2cc(-c3ccc(C(F)(F)F)nc3)ncn2)C1. The fraction of sp³-hybridized carbons (Fsp3) is 0.412. The Hall–Kier alpha value is -2.62. The maximum Gasteiger partial charge on any atom is 0.433 e. The third-order valence-electron chi connectivity index (χ3n) is 4.18. The summed E-state index contributed by atoms with van der Waals surface area (Å²) >= 11 is 0. The predicted molar refractivity (Wildman–Crippen MR) is 88.0 cm³/mol. The monoisotopic (exact) mass is 383 g/mol. The molecule has 1 aliphatic heterocycles. The average molecular weight is 383 g/mol. The maximum absolute atomic E-state index is 13.8. The molecule has 1 saturated heterocycles. The lowest BCUT2D eigenvalue weighted by Gasteiger charge is -2.12. The molecule has 1 fully saturated rings. The van der Waals surface area contributed by atoms with E-state index in [1.54, 1.807) is 6.07 Å². The van der Waals surface area contributed by atoms with Crippen LogP contribution in [0.15, 0.2) is 30.7 Å². The molecule has 0 radical (unpaired) electrons. The van der Waals surface area contributed by atoms with Crippen molar-refractivity contribution < 1.29 is 22.4 Å². The number of rotatable bonds is 4. The summed E-state index contributed by atoms with van der Waals surface area (Å²) in [7, 11) is 0. The molecule has 2 atom stereocenters. The van der Waals surface area contributed by atoms with E-state index in [4.69, 9.17) is 0 Å². The second-order valence-electron chi connectivity index (χ2n) is 6.59. The van der Waals surface area contributed by atoms with Crippen molar-refractivity contribution in [1.29, 1.82) is 0 Å². The third kappa shape index (κ3) is 4.76. The van der Waals surface area contributed by atoms with Crippen LogP contribution in [0.2, 0.25) is 0 Å². The summed E-state index contributed by atoms with van der Waals surface area (Å²) in [5.41, 5.74) is -1.17. The number of pyridine rings is 1. The van der Waals surface area contributed by atoms with Gasteiger partial charge in [-0.05, 0) is 25.1 Å². The fourth-order valence-corrected chi connectivity index (χ4v) is 2.76. The molecule has 27 heavy (non-hydrogen) atoms. The molecule has 3 rings (SSSR count). The molecule has 0 spiro atoms. The number of nitrogens with one attached hydrogen (secondary N) is 2. The zero-order chi connectivity index (χ0) is 19.7. The summed E-state index contributed by atoms with van der Waals surface area (Å²) in [5.74, 6) is -0.340. The van der Waals surface area contributed by atoms with E-state index in [0.29, 0.717) is 17.0 Å². The quantitative estimate of drug-likeness (QED) is 0.792. The number of carbonyl (C=O) groups is 1. The highest BCUT2D eigenvalue weighted by molar-refractivity contribution is 5.82. The van der Waals surface area contributed by atoms with Crippen LogP contribution in [0.3, 0.4) is 0 Å². The van der Waals surface area contributed by atoms with Crippen molar-refractivity contribution in [2.75, 3.05) is 6.54 Å². The molecule has 0 aromatic carbocycles. The van der Waals surface area contributed by atoms with Crippen molar-refractivity contribution in [3.63, 3.8) is 0 Å². The molecule has 10 heteroatoms. The second kappa shape index (κ2) is 7.18. The highest BCUT2D eigenvalue weighted by Crippen LogP contribution is 2.28. The van der Waals surface area contributed by atoms with Crippen LogP contribution in [-0.4, -0.2) is 39.1 Å². The van der Waals surface area contributed by atoms with E-state index in [0.717, 1.165) is 12.3 Å². The van der Waals surface area contributed by atoms with E-state index in [1.165, 1.54) is 19.3 Å². The zero-order valence-corrected chi connectivity index (χ0v) is 14.3. The zero-order valence-electron chi connectivity index (χ0n) is 14.3. The summed E-state index contributed by atoms with van der Waals surface area (Å²) in [6.07, 6.45) is -2.09. The molecule has 0 bridgehead atoms. The Labute approximate surface area is 152 Å². The van der Waals surface area contributed by atoms with Crippen molar-refractivity contribution in [3.8, 4) is 11.3 Å². The van der Waals surface area contributed by atoms with E-state index in [1.807, 2.05) is 0 Å². The van der Waals surface area contributed by atoms with Gasteiger partial charge in [0.2, 0.25) is 5.91 Å². The smallest absolute Gasteiger partial charge is 0.349 e. The van der Waals surface area contributed by atoms with Crippen LogP contribution in [0.1, 0.15) is 24.7 Å². The minimum absolute atomic E-state index is 0.0869. The van der Waals surface area contributed by atoms with Crippen molar-refractivity contribution >= 4 is 5.91 Å². The van der Waals surface area contributed by atoms with Gasteiger partial charge in [-0.1, -0.05) is 0 Å².